The number of carboxylic acid groups (broad SMARTS) is 1. The lowest BCUT2D eigenvalue weighted by Crippen LogP contribution is -1.95. The van der Waals surface area contributed by atoms with Gasteiger partial charge >= 0.3 is 11.9 Å². The number of benzene rings is 1. The number of carboxylic acids is 1. The molecule has 0 aliphatic rings. The predicted molar refractivity (Wildman–Crippen MR) is 60.2 cm³/mol. The molecule has 0 aliphatic heterocycles. The maximum atomic E-state index is 10.7. The van der Waals surface area contributed by atoms with Gasteiger partial charge < -0.3 is 14.3 Å². The number of rotatable bonds is 3. The first-order valence-electron chi connectivity index (χ1n) is 4.97. The summed E-state index contributed by atoms with van der Waals surface area (Å²) >= 11 is 0. The number of nitrogens with zero attached hydrogens (tertiary/aromatic N) is 1. The molecule has 0 saturated carbocycles. The van der Waals surface area contributed by atoms with E-state index in [4.69, 9.17) is 14.3 Å². The minimum atomic E-state index is -1.17. The monoisotopic (exact) mass is 233 g/mol. The Balaban J connectivity index is 2.41. The number of oxazole rings is 1. The summed E-state index contributed by atoms with van der Waals surface area (Å²) < 4.78 is 10.2. The van der Waals surface area contributed by atoms with Crippen molar-refractivity contribution in [3.05, 3.63) is 35.9 Å². The van der Waals surface area contributed by atoms with Gasteiger partial charge in [-0.05, 0) is 31.2 Å². The molecule has 2 aromatic rings. The van der Waals surface area contributed by atoms with Crippen LogP contribution in [0.25, 0.3) is 11.3 Å². The summed E-state index contributed by atoms with van der Waals surface area (Å²) in [5.41, 5.74) is 1.32. The van der Waals surface area contributed by atoms with E-state index in [-0.39, 0.29) is 5.89 Å². The van der Waals surface area contributed by atoms with Crippen LogP contribution in [-0.2, 0) is 0 Å². The molecule has 17 heavy (non-hydrogen) atoms. The summed E-state index contributed by atoms with van der Waals surface area (Å²) in [6, 6.07) is 7.13. The molecule has 0 fully saturated rings. The zero-order valence-electron chi connectivity index (χ0n) is 9.43. The summed E-state index contributed by atoms with van der Waals surface area (Å²) in [6.07, 6.45) is 0. The van der Waals surface area contributed by atoms with Gasteiger partial charge in [0.15, 0.2) is 5.76 Å². The maximum Gasteiger partial charge on any atom is 0.392 e. The van der Waals surface area contributed by atoms with Crippen molar-refractivity contribution in [2.24, 2.45) is 0 Å². The molecule has 88 valence electrons. The van der Waals surface area contributed by atoms with Crippen LogP contribution in [0, 0.1) is 6.92 Å². The second kappa shape index (κ2) is 4.29. The van der Waals surface area contributed by atoms with E-state index in [0.29, 0.717) is 11.5 Å². The van der Waals surface area contributed by atoms with Crippen molar-refractivity contribution in [2.45, 2.75) is 6.92 Å². The van der Waals surface area contributed by atoms with E-state index in [1.807, 2.05) is 0 Å². The molecule has 0 spiro atoms. The molecule has 1 aromatic heterocycles. The van der Waals surface area contributed by atoms with E-state index in [2.05, 4.69) is 4.98 Å². The van der Waals surface area contributed by atoms with Gasteiger partial charge in [0.25, 0.3) is 0 Å². The molecule has 0 unspecified atom stereocenters. The Morgan fingerprint density at radius 2 is 2.00 bits per heavy atom. The minimum Gasteiger partial charge on any atom is -0.497 e. The molecule has 0 atom stereocenters. The topological polar surface area (TPSA) is 72.6 Å². The first-order valence-corrected chi connectivity index (χ1v) is 4.97. The number of carbonyl (C=O) groups is 1. The van der Waals surface area contributed by atoms with Crippen LogP contribution in [0.2, 0.25) is 0 Å². The third-order valence-electron chi connectivity index (χ3n) is 2.33. The van der Waals surface area contributed by atoms with Crippen LogP contribution >= 0.6 is 0 Å². The fraction of sp³-hybridized carbons (Fsp3) is 0.167. The van der Waals surface area contributed by atoms with Gasteiger partial charge in [0.1, 0.15) is 5.75 Å². The third-order valence-corrected chi connectivity index (χ3v) is 2.33. The van der Waals surface area contributed by atoms with E-state index in [1.54, 1.807) is 38.3 Å². The average molecular weight is 233 g/mol. The highest BCUT2D eigenvalue weighted by atomic mass is 16.5. The lowest BCUT2D eigenvalue weighted by Gasteiger charge is -2.00. The molecular formula is C12H11NO4. The van der Waals surface area contributed by atoms with E-state index in [0.717, 1.165) is 11.3 Å². The van der Waals surface area contributed by atoms with Crippen LogP contribution in [0.5, 0.6) is 5.75 Å². The lowest BCUT2D eigenvalue weighted by atomic mass is 10.1. The van der Waals surface area contributed by atoms with E-state index >= 15 is 0 Å². The van der Waals surface area contributed by atoms with E-state index < -0.39 is 5.97 Å². The molecule has 0 bridgehead atoms. The number of hydrogen-bond acceptors (Lipinski definition) is 4. The van der Waals surface area contributed by atoms with Crippen LogP contribution in [-0.4, -0.2) is 23.2 Å². The van der Waals surface area contributed by atoms with Crippen LogP contribution in [0.15, 0.2) is 28.7 Å². The molecule has 1 N–H and O–H groups in total. The Hall–Kier alpha value is -2.30. The summed E-state index contributed by atoms with van der Waals surface area (Å²) in [5, 5.41) is 8.78. The number of aryl methyl sites for hydroxylation is 1. The Kier molecular flexibility index (Phi) is 2.82. The quantitative estimate of drug-likeness (QED) is 0.880. The number of aromatic carboxylic acids is 1. The fourth-order valence-electron chi connectivity index (χ4n) is 1.50. The molecular weight excluding hydrogens is 222 g/mol. The highest BCUT2D eigenvalue weighted by Crippen LogP contribution is 2.26. The van der Waals surface area contributed by atoms with Crippen LogP contribution in [0.1, 0.15) is 16.4 Å². The average Bonchev–Trinajstić information content (AvgIpc) is 2.72. The normalized spacial score (nSPS) is 10.2. The van der Waals surface area contributed by atoms with Gasteiger partial charge in [-0.1, -0.05) is 0 Å². The number of methoxy groups -OCH3 is 1. The molecule has 1 aromatic carbocycles. The maximum absolute atomic E-state index is 10.7. The zero-order chi connectivity index (χ0) is 12.4. The van der Waals surface area contributed by atoms with Gasteiger partial charge in [0.05, 0.1) is 12.8 Å². The van der Waals surface area contributed by atoms with Gasteiger partial charge in [0, 0.05) is 5.56 Å². The van der Waals surface area contributed by atoms with Gasteiger partial charge in [0.2, 0.25) is 0 Å². The minimum absolute atomic E-state index is 0.298. The van der Waals surface area contributed by atoms with Crippen molar-refractivity contribution >= 4 is 5.97 Å². The first kappa shape index (κ1) is 11.2. The van der Waals surface area contributed by atoms with Gasteiger partial charge in [-0.3, -0.25) is 0 Å². The first-order chi connectivity index (χ1) is 8.11. The molecule has 5 heteroatoms. The Bertz CT molecular complexity index is 542. The smallest absolute Gasteiger partial charge is 0.392 e. The Morgan fingerprint density at radius 3 is 2.47 bits per heavy atom. The number of ether oxygens (including phenoxy) is 1. The number of aromatic nitrogens is 1. The molecule has 0 saturated heterocycles. The summed E-state index contributed by atoms with van der Waals surface area (Å²) in [7, 11) is 1.58. The van der Waals surface area contributed by atoms with E-state index in [1.165, 1.54) is 0 Å². The Labute approximate surface area is 97.7 Å². The summed E-state index contributed by atoms with van der Waals surface area (Å²) in [6.45, 7) is 1.70. The predicted octanol–water partition coefficient (Wildman–Crippen LogP) is 2.36. The van der Waals surface area contributed by atoms with Crippen LogP contribution in [0.3, 0.4) is 0 Å². The van der Waals surface area contributed by atoms with Gasteiger partial charge in [-0.2, -0.15) is 0 Å². The van der Waals surface area contributed by atoms with Gasteiger partial charge in [-0.15, -0.1) is 0 Å². The lowest BCUT2D eigenvalue weighted by molar-refractivity contribution is 0.0654. The fourth-order valence-corrected chi connectivity index (χ4v) is 1.50. The molecule has 5 nitrogen and oxygen atoms in total. The second-order valence-corrected chi connectivity index (χ2v) is 3.47. The summed E-state index contributed by atoms with van der Waals surface area (Å²) in [5.74, 6) is -0.282. The zero-order valence-corrected chi connectivity index (χ0v) is 9.43. The third kappa shape index (κ3) is 2.13. The van der Waals surface area contributed by atoms with Crippen molar-refractivity contribution in [2.75, 3.05) is 7.11 Å². The van der Waals surface area contributed by atoms with Crippen LogP contribution < -0.4 is 4.74 Å². The summed E-state index contributed by atoms with van der Waals surface area (Å²) in [4.78, 5) is 14.6. The number of hydrogen-bond donors (Lipinski definition) is 1. The Morgan fingerprint density at radius 1 is 1.35 bits per heavy atom. The van der Waals surface area contributed by atoms with Crippen molar-refractivity contribution in [1.29, 1.82) is 0 Å². The molecule has 0 amide bonds. The molecule has 2 rings (SSSR count). The van der Waals surface area contributed by atoms with Crippen molar-refractivity contribution in [1.82, 2.24) is 4.98 Å². The van der Waals surface area contributed by atoms with Gasteiger partial charge in [-0.25, -0.2) is 9.78 Å². The largest absolute Gasteiger partial charge is 0.497 e. The highest BCUT2D eigenvalue weighted by molar-refractivity contribution is 5.83. The van der Waals surface area contributed by atoms with E-state index in [9.17, 15) is 4.79 Å². The SMILES string of the molecule is COc1ccc(-c2oc(C(=O)O)nc2C)cc1. The highest BCUT2D eigenvalue weighted by Gasteiger charge is 2.16. The second-order valence-electron chi connectivity index (χ2n) is 3.47. The standard InChI is InChI=1S/C12H11NO4/c1-7-10(17-11(13-7)12(14)15)8-3-5-9(16-2)6-4-8/h3-6H,1-2H3,(H,14,15). The molecule has 1 heterocycles. The van der Waals surface area contributed by atoms with Crippen molar-refractivity contribution in [3.63, 3.8) is 0 Å². The molecule has 0 aliphatic carbocycles. The van der Waals surface area contributed by atoms with Crippen molar-refractivity contribution < 1.29 is 19.1 Å². The van der Waals surface area contributed by atoms with Crippen molar-refractivity contribution in [3.8, 4) is 17.1 Å². The van der Waals surface area contributed by atoms with Crippen LogP contribution in [0.4, 0.5) is 0 Å². The molecule has 0 radical (unpaired) electrons.